The van der Waals surface area contributed by atoms with Crippen molar-refractivity contribution in [2.24, 2.45) is 5.92 Å². The van der Waals surface area contributed by atoms with E-state index < -0.39 is 0 Å². The van der Waals surface area contributed by atoms with Gasteiger partial charge in [0.25, 0.3) is 0 Å². The lowest BCUT2D eigenvalue weighted by Crippen LogP contribution is -2.26. The molecule has 0 bridgehead atoms. The Morgan fingerprint density at radius 1 is 1.25 bits per heavy atom. The number of thiophene rings is 1. The minimum atomic E-state index is 0.485. The molecule has 3 rings (SSSR count). The topological polar surface area (TPSA) is 24.9 Å². The predicted molar refractivity (Wildman–Crippen MR) is 87.8 cm³/mol. The van der Waals surface area contributed by atoms with Gasteiger partial charge in [-0.2, -0.15) is 0 Å². The molecule has 0 radical (unpaired) electrons. The second-order valence-electron chi connectivity index (χ2n) is 5.37. The molecule has 2 aromatic rings. The molecule has 2 nitrogen and oxygen atoms in total. The van der Waals surface area contributed by atoms with Crippen molar-refractivity contribution in [2.45, 2.75) is 38.3 Å². The number of nitrogens with zero attached hydrogens (tertiary/aromatic N) is 1. The van der Waals surface area contributed by atoms with Crippen LogP contribution < -0.4 is 5.32 Å². The summed E-state index contributed by atoms with van der Waals surface area (Å²) < 4.78 is 0.908. The van der Waals surface area contributed by atoms with Crippen LogP contribution in [0.3, 0.4) is 0 Å². The number of nitrogens with one attached hydrogen (secondary N) is 1. The number of aromatic nitrogens is 1. The summed E-state index contributed by atoms with van der Waals surface area (Å²) >= 11 is 5.30. The highest BCUT2D eigenvalue weighted by Gasteiger charge is 2.26. The van der Waals surface area contributed by atoms with Gasteiger partial charge in [0.05, 0.1) is 5.69 Å². The smallest absolute Gasteiger partial charge is 0.106 e. The SMILES string of the molecule is Brc1cccc(CNC(c2cccs2)C2CCCC2)n1. The van der Waals surface area contributed by atoms with Crippen LogP contribution in [0.15, 0.2) is 40.3 Å². The molecule has 1 atom stereocenters. The fourth-order valence-electron chi connectivity index (χ4n) is 3.02. The molecule has 1 fully saturated rings. The van der Waals surface area contributed by atoms with Crippen molar-refractivity contribution in [1.29, 1.82) is 0 Å². The van der Waals surface area contributed by atoms with Gasteiger partial charge in [-0.25, -0.2) is 4.98 Å². The maximum atomic E-state index is 4.51. The van der Waals surface area contributed by atoms with Crippen LogP contribution in [0.4, 0.5) is 0 Å². The summed E-state index contributed by atoms with van der Waals surface area (Å²) in [7, 11) is 0. The lowest BCUT2D eigenvalue weighted by atomic mass is 9.96. The molecule has 1 saturated carbocycles. The summed E-state index contributed by atoms with van der Waals surface area (Å²) in [6.45, 7) is 0.832. The number of pyridine rings is 1. The van der Waals surface area contributed by atoms with E-state index in [-0.39, 0.29) is 0 Å². The second-order valence-corrected chi connectivity index (χ2v) is 7.16. The Balaban J connectivity index is 1.70. The highest BCUT2D eigenvalue weighted by molar-refractivity contribution is 9.10. The molecule has 0 amide bonds. The van der Waals surface area contributed by atoms with Crippen LogP contribution in [-0.4, -0.2) is 4.98 Å². The van der Waals surface area contributed by atoms with Crippen molar-refractivity contribution in [2.75, 3.05) is 0 Å². The lowest BCUT2D eigenvalue weighted by Gasteiger charge is -2.23. The van der Waals surface area contributed by atoms with E-state index in [1.807, 2.05) is 23.5 Å². The molecule has 0 saturated heterocycles. The third-order valence-electron chi connectivity index (χ3n) is 4.00. The summed E-state index contributed by atoms with van der Waals surface area (Å²) in [5, 5.41) is 5.91. The quantitative estimate of drug-likeness (QED) is 0.773. The Kier molecular flexibility index (Phi) is 4.86. The molecule has 0 spiro atoms. The van der Waals surface area contributed by atoms with Gasteiger partial charge in [0.15, 0.2) is 0 Å². The van der Waals surface area contributed by atoms with Crippen molar-refractivity contribution in [3.8, 4) is 0 Å². The number of halogens is 1. The van der Waals surface area contributed by atoms with Crippen LogP contribution in [0.5, 0.6) is 0 Å². The van der Waals surface area contributed by atoms with E-state index in [9.17, 15) is 0 Å². The first kappa shape index (κ1) is 14.2. The zero-order valence-corrected chi connectivity index (χ0v) is 13.8. The molecule has 2 heterocycles. The minimum absolute atomic E-state index is 0.485. The highest BCUT2D eigenvalue weighted by atomic mass is 79.9. The minimum Gasteiger partial charge on any atom is -0.303 e. The molecule has 106 valence electrons. The maximum absolute atomic E-state index is 4.51. The Labute approximate surface area is 132 Å². The van der Waals surface area contributed by atoms with Gasteiger partial charge in [0.1, 0.15) is 4.60 Å². The maximum Gasteiger partial charge on any atom is 0.106 e. The first-order chi connectivity index (χ1) is 9.83. The van der Waals surface area contributed by atoms with Crippen LogP contribution >= 0.6 is 27.3 Å². The molecule has 20 heavy (non-hydrogen) atoms. The Bertz CT molecular complexity index is 535. The van der Waals surface area contributed by atoms with Crippen LogP contribution in [0.2, 0.25) is 0 Å². The highest BCUT2D eigenvalue weighted by Crippen LogP contribution is 2.37. The molecule has 0 aliphatic heterocycles. The van der Waals surface area contributed by atoms with Gasteiger partial charge in [0, 0.05) is 17.5 Å². The van der Waals surface area contributed by atoms with E-state index in [1.165, 1.54) is 30.6 Å². The van der Waals surface area contributed by atoms with Crippen LogP contribution in [0.25, 0.3) is 0 Å². The first-order valence-corrected chi connectivity index (χ1v) is 8.88. The van der Waals surface area contributed by atoms with E-state index in [2.05, 4.69) is 49.8 Å². The Hall–Kier alpha value is -0.710. The molecular weight excluding hydrogens is 332 g/mol. The van der Waals surface area contributed by atoms with Crippen LogP contribution in [0, 0.1) is 5.92 Å². The normalized spacial score (nSPS) is 17.4. The zero-order valence-electron chi connectivity index (χ0n) is 11.4. The number of hydrogen-bond donors (Lipinski definition) is 1. The molecule has 0 aromatic carbocycles. The average Bonchev–Trinajstić information content (AvgIpc) is 3.12. The van der Waals surface area contributed by atoms with Gasteiger partial charge in [-0.15, -0.1) is 11.3 Å². The van der Waals surface area contributed by atoms with Gasteiger partial charge in [-0.1, -0.05) is 25.0 Å². The standard InChI is InChI=1S/C16H19BrN2S/c17-15-9-3-7-13(19-15)11-18-16(12-5-1-2-6-12)14-8-4-10-20-14/h3-4,7-10,12,16,18H,1-2,5-6,11H2. The van der Waals surface area contributed by atoms with E-state index >= 15 is 0 Å². The molecule has 1 unspecified atom stereocenters. The van der Waals surface area contributed by atoms with Crippen LogP contribution in [0.1, 0.15) is 42.3 Å². The van der Waals surface area contributed by atoms with Crippen molar-refractivity contribution >= 4 is 27.3 Å². The van der Waals surface area contributed by atoms with E-state index in [1.54, 1.807) is 0 Å². The lowest BCUT2D eigenvalue weighted by molar-refractivity contribution is 0.369. The summed E-state index contributed by atoms with van der Waals surface area (Å²) in [5.74, 6) is 0.779. The molecule has 1 aliphatic carbocycles. The van der Waals surface area contributed by atoms with Crippen molar-refractivity contribution in [3.63, 3.8) is 0 Å². The molecule has 2 aromatic heterocycles. The summed E-state index contributed by atoms with van der Waals surface area (Å²) in [4.78, 5) is 5.98. The predicted octanol–water partition coefficient (Wildman–Crippen LogP) is 4.93. The third kappa shape index (κ3) is 3.48. The van der Waals surface area contributed by atoms with Crippen molar-refractivity contribution < 1.29 is 0 Å². The largest absolute Gasteiger partial charge is 0.303 e. The molecule has 1 aliphatic rings. The fraction of sp³-hybridized carbons (Fsp3) is 0.438. The van der Waals surface area contributed by atoms with E-state index in [0.29, 0.717) is 6.04 Å². The van der Waals surface area contributed by atoms with Crippen LogP contribution in [-0.2, 0) is 6.54 Å². The second kappa shape index (κ2) is 6.83. The van der Waals surface area contributed by atoms with E-state index in [4.69, 9.17) is 0 Å². The molecular formula is C16H19BrN2S. The van der Waals surface area contributed by atoms with Gasteiger partial charge >= 0.3 is 0 Å². The van der Waals surface area contributed by atoms with Gasteiger partial charge in [-0.05, 0) is 58.3 Å². The summed E-state index contributed by atoms with van der Waals surface area (Å²) in [6.07, 6.45) is 5.45. The average molecular weight is 351 g/mol. The zero-order chi connectivity index (χ0) is 13.8. The monoisotopic (exact) mass is 350 g/mol. The molecule has 4 heteroatoms. The van der Waals surface area contributed by atoms with Gasteiger partial charge in [-0.3, -0.25) is 0 Å². The summed E-state index contributed by atoms with van der Waals surface area (Å²) in [6, 6.07) is 11.0. The Morgan fingerprint density at radius 3 is 2.80 bits per heavy atom. The van der Waals surface area contributed by atoms with E-state index in [0.717, 1.165) is 22.8 Å². The third-order valence-corrected chi connectivity index (χ3v) is 5.39. The number of hydrogen-bond acceptors (Lipinski definition) is 3. The fourth-order valence-corrected chi connectivity index (χ4v) is 4.30. The Morgan fingerprint density at radius 2 is 2.10 bits per heavy atom. The number of rotatable bonds is 5. The van der Waals surface area contributed by atoms with Gasteiger partial charge < -0.3 is 5.32 Å². The first-order valence-electron chi connectivity index (χ1n) is 7.21. The van der Waals surface area contributed by atoms with Crippen molar-refractivity contribution in [1.82, 2.24) is 10.3 Å². The van der Waals surface area contributed by atoms with Gasteiger partial charge in [0.2, 0.25) is 0 Å². The van der Waals surface area contributed by atoms with Crippen molar-refractivity contribution in [3.05, 3.63) is 50.9 Å². The molecule has 1 N–H and O–H groups in total. The summed E-state index contributed by atoms with van der Waals surface area (Å²) in [5.41, 5.74) is 1.10.